The first-order valence-electron chi connectivity index (χ1n) is 6.98. The minimum absolute atomic E-state index is 0.124. The fraction of sp³-hybridized carbons (Fsp3) is 0.222. The van der Waals surface area contributed by atoms with Crippen LogP contribution in [0.25, 0.3) is 0 Å². The molecule has 2 aromatic carbocycles. The van der Waals surface area contributed by atoms with E-state index in [2.05, 4.69) is 0 Å². The van der Waals surface area contributed by atoms with E-state index in [1.165, 1.54) is 0 Å². The van der Waals surface area contributed by atoms with Crippen molar-refractivity contribution in [1.82, 2.24) is 0 Å². The monoisotopic (exact) mass is 316 g/mol. The lowest BCUT2D eigenvalue weighted by atomic mass is 9.79. The van der Waals surface area contributed by atoms with E-state index in [1.807, 2.05) is 6.07 Å². The number of rotatable bonds is 6. The first kappa shape index (κ1) is 16.2. The number of alkyl halides is 1. The Bertz CT molecular complexity index is 682. The zero-order valence-electron chi connectivity index (χ0n) is 12.3. The molecule has 0 aliphatic rings. The number of hydrogen-bond donors (Lipinski definition) is 1. The van der Waals surface area contributed by atoms with Crippen LogP contribution in [0.3, 0.4) is 0 Å². The average molecular weight is 317 g/mol. The Morgan fingerprint density at radius 3 is 2.27 bits per heavy atom. The van der Waals surface area contributed by atoms with Gasteiger partial charge in [0.15, 0.2) is 5.78 Å². The van der Waals surface area contributed by atoms with E-state index in [9.17, 15) is 14.7 Å². The van der Waals surface area contributed by atoms with Crippen molar-refractivity contribution in [3.63, 3.8) is 0 Å². The van der Waals surface area contributed by atoms with Crippen molar-refractivity contribution in [2.24, 2.45) is 0 Å². The van der Waals surface area contributed by atoms with Crippen molar-refractivity contribution in [3.8, 4) is 0 Å². The number of ketones is 1. The number of carboxylic acid groups (broad SMARTS) is 1. The van der Waals surface area contributed by atoms with Gasteiger partial charge in [-0.2, -0.15) is 0 Å². The third-order valence-corrected chi connectivity index (χ3v) is 4.05. The lowest BCUT2D eigenvalue weighted by Gasteiger charge is -2.24. The fourth-order valence-electron chi connectivity index (χ4n) is 2.32. The Kier molecular flexibility index (Phi) is 4.99. The molecule has 1 atom stereocenters. The molecule has 0 aliphatic heterocycles. The first-order valence-corrected chi connectivity index (χ1v) is 7.52. The van der Waals surface area contributed by atoms with Gasteiger partial charge in [-0.1, -0.05) is 48.5 Å². The Labute approximate surface area is 134 Å². The molecule has 0 bridgehead atoms. The predicted octanol–water partition coefficient (Wildman–Crippen LogP) is 3.89. The van der Waals surface area contributed by atoms with Crippen LogP contribution in [0.1, 0.15) is 34.8 Å². The minimum Gasteiger partial charge on any atom is -0.481 e. The molecule has 0 spiro atoms. The summed E-state index contributed by atoms with van der Waals surface area (Å²) in [4.78, 5) is 24.1. The number of carbonyl (C=O) groups excluding carboxylic acids is 1. The normalized spacial score (nSPS) is 13.4. The summed E-state index contributed by atoms with van der Waals surface area (Å²) in [6.07, 6.45) is 0.298. The number of aliphatic carboxylic acids is 1. The zero-order chi connectivity index (χ0) is 16.2. The van der Waals surface area contributed by atoms with Crippen LogP contribution in [-0.2, 0) is 10.2 Å². The highest BCUT2D eigenvalue weighted by molar-refractivity contribution is 6.18. The van der Waals surface area contributed by atoms with Crippen LogP contribution >= 0.6 is 11.6 Å². The van der Waals surface area contributed by atoms with Crippen molar-refractivity contribution in [1.29, 1.82) is 0 Å². The van der Waals surface area contributed by atoms with Gasteiger partial charge < -0.3 is 5.11 Å². The summed E-state index contributed by atoms with van der Waals surface area (Å²) in [6.45, 7) is 1.63. The lowest BCUT2D eigenvalue weighted by Crippen LogP contribution is -2.33. The van der Waals surface area contributed by atoms with Gasteiger partial charge in [-0.05, 0) is 25.0 Å². The van der Waals surface area contributed by atoms with Gasteiger partial charge in [-0.25, -0.2) is 0 Å². The standard InChI is InChI=1S/C18H17ClO3/c1-18(10-11-19,17(21)22)15-9-5-8-14(12-15)16(20)13-6-3-2-4-7-13/h2-9,12H,10-11H2,1H3,(H,21,22)/t18-/m1/s1. The predicted molar refractivity (Wildman–Crippen MR) is 86.6 cm³/mol. The van der Waals surface area contributed by atoms with Crippen LogP contribution < -0.4 is 0 Å². The molecule has 2 aromatic rings. The summed E-state index contributed by atoms with van der Waals surface area (Å²) >= 11 is 5.75. The van der Waals surface area contributed by atoms with E-state index in [0.717, 1.165) is 0 Å². The van der Waals surface area contributed by atoms with Gasteiger partial charge in [0.1, 0.15) is 0 Å². The molecule has 1 N–H and O–H groups in total. The van der Waals surface area contributed by atoms with Gasteiger partial charge in [-0.3, -0.25) is 9.59 Å². The highest BCUT2D eigenvalue weighted by atomic mass is 35.5. The molecule has 0 heterocycles. The topological polar surface area (TPSA) is 54.4 Å². The molecule has 0 aromatic heterocycles. The Morgan fingerprint density at radius 1 is 1.05 bits per heavy atom. The van der Waals surface area contributed by atoms with E-state index in [-0.39, 0.29) is 11.7 Å². The second-order valence-corrected chi connectivity index (χ2v) is 5.73. The van der Waals surface area contributed by atoms with Gasteiger partial charge >= 0.3 is 5.97 Å². The maximum Gasteiger partial charge on any atom is 0.313 e. The summed E-state index contributed by atoms with van der Waals surface area (Å²) in [5.41, 5.74) is 0.538. The summed E-state index contributed by atoms with van der Waals surface area (Å²) in [5, 5.41) is 9.52. The molecule has 3 nitrogen and oxygen atoms in total. The van der Waals surface area contributed by atoms with E-state index in [0.29, 0.717) is 23.1 Å². The van der Waals surface area contributed by atoms with Crippen molar-refractivity contribution in [2.75, 3.05) is 5.88 Å². The molecular weight excluding hydrogens is 300 g/mol. The highest BCUT2D eigenvalue weighted by Crippen LogP contribution is 2.29. The molecule has 0 unspecified atom stereocenters. The number of carboxylic acids is 1. The number of hydrogen-bond acceptors (Lipinski definition) is 2. The zero-order valence-corrected chi connectivity index (χ0v) is 13.0. The molecule has 0 aliphatic carbocycles. The fourth-order valence-corrected chi connectivity index (χ4v) is 2.70. The lowest BCUT2D eigenvalue weighted by molar-refractivity contribution is -0.143. The molecule has 2 rings (SSSR count). The van der Waals surface area contributed by atoms with Crippen LogP contribution in [-0.4, -0.2) is 22.7 Å². The third-order valence-electron chi connectivity index (χ3n) is 3.86. The second-order valence-electron chi connectivity index (χ2n) is 5.35. The van der Waals surface area contributed by atoms with Gasteiger partial charge in [-0.15, -0.1) is 11.6 Å². The summed E-state index contributed by atoms with van der Waals surface area (Å²) in [5.74, 6) is -0.835. The third kappa shape index (κ3) is 3.20. The molecule has 4 heteroatoms. The molecule has 0 fully saturated rings. The van der Waals surface area contributed by atoms with Crippen molar-refractivity contribution >= 4 is 23.4 Å². The van der Waals surface area contributed by atoms with Crippen LogP contribution in [0.4, 0.5) is 0 Å². The maximum absolute atomic E-state index is 12.5. The number of benzene rings is 2. The largest absolute Gasteiger partial charge is 0.481 e. The summed E-state index contributed by atoms with van der Waals surface area (Å²) in [7, 11) is 0. The smallest absolute Gasteiger partial charge is 0.313 e. The molecule has 114 valence electrons. The van der Waals surface area contributed by atoms with E-state index < -0.39 is 11.4 Å². The van der Waals surface area contributed by atoms with Gasteiger partial charge in [0.05, 0.1) is 5.41 Å². The second kappa shape index (κ2) is 6.75. The Hall–Kier alpha value is -2.13. The molecule has 22 heavy (non-hydrogen) atoms. The summed E-state index contributed by atoms with van der Waals surface area (Å²) in [6, 6.07) is 15.7. The van der Waals surface area contributed by atoms with Gasteiger partial charge in [0.25, 0.3) is 0 Å². The van der Waals surface area contributed by atoms with Crippen molar-refractivity contribution < 1.29 is 14.7 Å². The van der Waals surface area contributed by atoms with Crippen molar-refractivity contribution in [2.45, 2.75) is 18.8 Å². The molecular formula is C18H17ClO3. The first-order chi connectivity index (χ1) is 10.5. The maximum atomic E-state index is 12.5. The van der Waals surface area contributed by atoms with E-state index in [1.54, 1.807) is 55.5 Å². The minimum atomic E-state index is -1.10. The summed E-state index contributed by atoms with van der Waals surface area (Å²) < 4.78 is 0. The van der Waals surface area contributed by atoms with E-state index >= 15 is 0 Å². The van der Waals surface area contributed by atoms with Crippen LogP contribution in [0.5, 0.6) is 0 Å². The quantitative estimate of drug-likeness (QED) is 0.650. The van der Waals surface area contributed by atoms with E-state index in [4.69, 9.17) is 11.6 Å². The number of carbonyl (C=O) groups is 2. The molecule has 0 saturated carbocycles. The van der Waals surface area contributed by atoms with Crippen LogP contribution in [0, 0.1) is 0 Å². The van der Waals surface area contributed by atoms with Crippen molar-refractivity contribution in [3.05, 3.63) is 71.3 Å². The highest BCUT2D eigenvalue weighted by Gasteiger charge is 2.34. The number of halogens is 1. The Morgan fingerprint density at radius 2 is 1.68 bits per heavy atom. The van der Waals surface area contributed by atoms with Gasteiger partial charge in [0.2, 0.25) is 0 Å². The van der Waals surface area contributed by atoms with Crippen LogP contribution in [0.2, 0.25) is 0 Å². The average Bonchev–Trinajstić information content (AvgIpc) is 2.55. The van der Waals surface area contributed by atoms with Crippen LogP contribution in [0.15, 0.2) is 54.6 Å². The van der Waals surface area contributed by atoms with Gasteiger partial charge in [0, 0.05) is 17.0 Å². The molecule has 0 radical (unpaired) electrons. The SMILES string of the molecule is C[C@](CCCl)(C(=O)O)c1cccc(C(=O)c2ccccc2)c1. The Balaban J connectivity index is 2.42. The molecule has 0 saturated heterocycles. The molecule has 0 amide bonds.